The molecule has 0 aliphatic heterocycles. The van der Waals surface area contributed by atoms with E-state index in [2.05, 4.69) is 0 Å². The van der Waals surface area contributed by atoms with Gasteiger partial charge in [0.2, 0.25) is 5.91 Å². The van der Waals surface area contributed by atoms with Crippen LogP contribution < -0.4 is 4.74 Å². The first-order valence-electron chi connectivity index (χ1n) is 11.2. The highest BCUT2D eigenvalue weighted by atomic mass is 19.1. The minimum absolute atomic E-state index is 0.0240. The Labute approximate surface area is 194 Å². The third-order valence-electron chi connectivity index (χ3n) is 6.55. The minimum Gasteiger partial charge on any atom is -0.488 e. The summed E-state index contributed by atoms with van der Waals surface area (Å²) in [6, 6.07) is 11.9. The van der Waals surface area contributed by atoms with Crippen LogP contribution in [0, 0.1) is 11.2 Å². The summed E-state index contributed by atoms with van der Waals surface area (Å²) in [6.45, 7) is 5.99. The lowest BCUT2D eigenvalue weighted by Crippen LogP contribution is -2.59. The molecule has 4 atom stereocenters. The minimum atomic E-state index is -1.11. The fourth-order valence-electron chi connectivity index (χ4n) is 4.58. The molecule has 1 amide bonds. The van der Waals surface area contributed by atoms with Crippen molar-refractivity contribution < 1.29 is 28.9 Å². The van der Waals surface area contributed by atoms with Gasteiger partial charge in [0.15, 0.2) is 0 Å². The Kier molecular flexibility index (Phi) is 7.77. The Morgan fingerprint density at radius 2 is 1.91 bits per heavy atom. The third kappa shape index (κ3) is 5.72. The predicted molar refractivity (Wildman–Crippen MR) is 124 cm³/mol. The van der Waals surface area contributed by atoms with E-state index in [1.807, 2.05) is 32.0 Å². The molecule has 2 N–H and O–H groups in total. The molecule has 33 heavy (non-hydrogen) atoms. The van der Waals surface area contributed by atoms with E-state index in [-0.39, 0.29) is 11.7 Å². The summed E-state index contributed by atoms with van der Waals surface area (Å²) in [6.07, 6.45) is -2.23. The van der Waals surface area contributed by atoms with E-state index in [0.29, 0.717) is 30.7 Å². The van der Waals surface area contributed by atoms with Crippen molar-refractivity contribution in [3.8, 4) is 16.9 Å². The maximum Gasteiger partial charge on any atom is 0.219 e. The Morgan fingerprint density at radius 1 is 1.18 bits per heavy atom. The zero-order chi connectivity index (χ0) is 24.3. The van der Waals surface area contributed by atoms with Crippen molar-refractivity contribution in [3.05, 3.63) is 53.8 Å². The topological polar surface area (TPSA) is 79.2 Å². The van der Waals surface area contributed by atoms with Gasteiger partial charge in [0.1, 0.15) is 29.9 Å². The molecule has 1 aliphatic carbocycles. The normalized spacial score (nSPS) is 24.4. The summed E-state index contributed by atoms with van der Waals surface area (Å²) < 4.78 is 25.6. The van der Waals surface area contributed by atoms with Crippen LogP contribution in [0.1, 0.15) is 32.8 Å². The fraction of sp³-hybridized carbons (Fsp3) is 0.500. The Hall–Kier alpha value is -2.48. The smallest absolute Gasteiger partial charge is 0.219 e. The Morgan fingerprint density at radius 3 is 2.55 bits per heavy atom. The number of ether oxygens (including phenoxy) is 2. The molecule has 6 nitrogen and oxygen atoms in total. The molecule has 3 rings (SSSR count). The highest BCUT2D eigenvalue weighted by Crippen LogP contribution is 2.40. The van der Waals surface area contributed by atoms with Crippen molar-refractivity contribution >= 4 is 5.91 Å². The highest BCUT2D eigenvalue weighted by molar-refractivity contribution is 5.73. The van der Waals surface area contributed by atoms with Gasteiger partial charge < -0.3 is 24.6 Å². The Bertz CT molecular complexity index is 979. The van der Waals surface area contributed by atoms with E-state index in [1.54, 1.807) is 24.1 Å². The molecular formula is C26H34FNO5. The molecule has 2 aromatic rings. The van der Waals surface area contributed by atoms with Crippen molar-refractivity contribution in [1.29, 1.82) is 0 Å². The van der Waals surface area contributed by atoms with Crippen molar-refractivity contribution in [2.24, 2.45) is 5.41 Å². The van der Waals surface area contributed by atoms with Crippen LogP contribution in [0.2, 0.25) is 0 Å². The molecule has 0 bridgehead atoms. The first kappa shape index (κ1) is 25.1. The van der Waals surface area contributed by atoms with Crippen LogP contribution in [-0.4, -0.2) is 66.1 Å². The van der Waals surface area contributed by atoms with Crippen LogP contribution >= 0.6 is 0 Å². The number of aliphatic hydroxyl groups excluding tert-OH is 2. The number of carbonyl (C=O) groups is 1. The number of likely N-dealkylation sites (N-methyl/N-ethyl adjacent to an activating group) is 1. The SMILES string of the molecule is CO[C@@H]1[C@@H](O)[C@@H](O)[C@H](Oc2ccc(CCN(C)C(C)=O)c(-c3cccc(F)c3)c2)CC1(C)C. The molecule has 180 valence electrons. The van der Waals surface area contributed by atoms with Crippen molar-refractivity contribution in [2.45, 2.75) is 58.0 Å². The molecular weight excluding hydrogens is 425 g/mol. The molecule has 1 aliphatic rings. The number of hydrogen-bond donors (Lipinski definition) is 2. The number of amides is 1. The van der Waals surface area contributed by atoms with Crippen LogP contribution in [0.5, 0.6) is 5.75 Å². The molecule has 0 spiro atoms. The van der Waals surface area contributed by atoms with Crippen LogP contribution in [0.15, 0.2) is 42.5 Å². The fourth-order valence-corrected chi connectivity index (χ4v) is 4.58. The molecule has 7 heteroatoms. The average Bonchev–Trinajstić information content (AvgIpc) is 2.76. The summed E-state index contributed by atoms with van der Waals surface area (Å²) >= 11 is 0. The van der Waals surface area contributed by atoms with Crippen LogP contribution in [-0.2, 0) is 16.0 Å². The van der Waals surface area contributed by atoms with E-state index < -0.39 is 29.8 Å². The third-order valence-corrected chi connectivity index (χ3v) is 6.55. The van der Waals surface area contributed by atoms with E-state index in [4.69, 9.17) is 9.47 Å². The number of nitrogens with zero attached hydrogens (tertiary/aromatic N) is 1. The van der Waals surface area contributed by atoms with Gasteiger partial charge in [0, 0.05) is 27.6 Å². The lowest BCUT2D eigenvalue weighted by atomic mass is 9.71. The quantitative estimate of drug-likeness (QED) is 0.663. The number of halogens is 1. The van der Waals surface area contributed by atoms with Crippen LogP contribution in [0.25, 0.3) is 11.1 Å². The molecule has 0 aromatic heterocycles. The number of aliphatic hydroxyl groups is 2. The van der Waals surface area contributed by atoms with Crippen LogP contribution in [0.3, 0.4) is 0 Å². The van der Waals surface area contributed by atoms with Crippen LogP contribution in [0.4, 0.5) is 4.39 Å². The molecule has 1 saturated carbocycles. The second-order valence-electron chi connectivity index (χ2n) is 9.51. The van der Waals surface area contributed by atoms with E-state index in [9.17, 15) is 19.4 Å². The molecule has 2 aromatic carbocycles. The summed E-state index contributed by atoms with van der Waals surface area (Å²) in [5, 5.41) is 21.2. The van der Waals surface area contributed by atoms with Gasteiger partial charge in [-0.05, 0) is 59.2 Å². The largest absolute Gasteiger partial charge is 0.488 e. The number of carbonyl (C=O) groups excluding carboxylic acids is 1. The molecule has 0 radical (unpaired) electrons. The second-order valence-corrected chi connectivity index (χ2v) is 9.51. The van der Waals surface area contributed by atoms with Gasteiger partial charge in [-0.15, -0.1) is 0 Å². The summed E-state index contributed by atoms with van der Waals surface area (Å²) in [7, 11) is 3.27. The molecule has 0 heterocycles. The van der Waals surface area contributed by atoms with Gasteiger partial charge in [-0.2, -0.15) is 0 Å². The second kappa shape index (κ2) is 10.2. The van der Waals surface area contributed by atoms with Gasteiger partial charge in [-0.3, -0.25) is 4.79 Å². The van der Waals surface area contributed by atoms with Crippen molar-refractivity contribution in [2.75, 3.05) is 20.7 Å². The standard InChI is InChI=1S/C26H34FNO5/c1-16(29)28(4)12-11-17-9-10-20(14-21(17)18-7-6-8-19(27)13-18)33-22-15-26(2,3)25(32-5)24(31)23(22)30/h6-10,13-14,22-25,30-31H,11-12,15H2,1-5H3/t22-,23+,24+,25-/m1/s1. The monoisotopic (exact) mass is 459 g/mol. The van der Waals surface area contributed by atoms with Gasteiger partial charge >= 0.3 is 0 Å². The summed E-state index contributed by atoms with van der Waals surface area (Å²) in [5.41, 5.74) is 2.04. The van der Waals surface area contributed by atoms with E-state index >= 15 is 0 Å². The van der Waals surface area contributed by atoms with Gasteiger partial charge in [0.25, 0.3) is 0 Å². The molecule has 0 saturated heterocycles. The summed E-state index contributed by atoms with van der Waals surface area (Å²) in [5.74, 6) is 0.147. The maximum absolute atomic E-state index is 14.0. The number of benzene rings is 2. The molecule has 0 unspecified atom stereocenters. The first-order valence-corrected chi connectivity index (χ1v) is 11.2. The van der Waals surface area contributed by atoms with Crippen molar-refractivity contribution in [3.63, 3.8) is 0 Å². The predicted octanol–water partition coefficient (Wildman–Crippen LogP) is 3.43. The lowest BCUT2D eigenvalue weighted by molar-refractivity contribution is -0.184. The maximum atomic E-state index is 14.0. The first-order chi connectivity index (χ1) is 15.5. The zero-order valence-electron chi connectivity index (χ0n) is 19.9. The summed E-state index contributed by atoms with van der Waals surface area (Å²) in [4.78, 5) is 13.2. The number of hydrogen-bond acceptors (Lipinski definition) is 5. The van der Waals surface area contributed by atoms with Crippen molar-refractivity contribution in [1.82, 2.24) is 4.90 Å². The van der Waals surface area contributed by atoms with Gasteiger partial charge in [-0.1, -0.05) is 32.0 Å². The number of rotatable bonds is 7. The Balaban J connectivity index is 1.90. The lowest BCUT2D eigenvalue weighted by Gasteiger charge is -2.46. The van der Waals surface area contributed by atoms with E-state index in [0.717, 1.165) is 11.1 Å². The number of methoxy groups -OCH3 is 1. The van der Waals surface area contributed by atoms with Gasteiger partial charge in [0.05, 0.1) is 6.10 Å². The molecule has 1 fully saturated rings. The average molecular weight is 460 g/mol. The zero-order valence-corrected chi connectivity index (χ0v) is 19.9. The highest BCUT2D eigenvalue weighted by Gasteiger charge is 2.49. The van der Waals surface area contributed by atoms with E-state index in [1.165, 1.54) is 26.2 Å². The van der Waals surface area contributed by atoms with Gasteiger partial charge in [-0.25, -0.2) is 4.39 Å².